The van der Waals surface area contributed by atoms with E-state index in [1.165, 1.54) is 23.3 Å². The molecule has 1 atom stereocenters. The van der Waals surface area contributed by atoms with E-state index in [0.29, 0.717) is 6.54 Å². The molecule has 0 unspecified atom stereocenters. The minimum atomic E-state index is -0.268. The van der Waals surface area contributed by atoms with Crippen LogP contribution in [0.4, 0.5) is 4.39 Å². The van der Waals surface area contributed by atoms with Crippen molar-refractivity contribution in [1.29, 1.82) is 0 Å². The Hall–Kier alpha value is -3.25. The Morgan fingerprint density at radius 3 is 2.69 bits per heavy atom. The summed E-state index contributed by atoms with van der Waals surface area (Å²) in [6.07, 6.45) is 5.58. The largest absolute Gasteiger partial charge is 0.306 e. The molecule has 0 aliphatic rings. The van der Waals surface area contributed by atoms with Crippen molar-refractivity contribution in [3.63, 3.8) is 0 Å². The molecule has 2 heterocycles. The second-order valence-electron chi connectivity index (χ2n) is 7.26. The van der Waals surface area contributed by atoms with E-state index in [1.54, 1.807) is 16.9 Å². The van der Waals surface area contributed by atoms with Crippen LogP contribution in [-0.2, 0) is 6.54 Å². The van der Waals surface area contributed by atoms with Gasteiger partial charge in [0.05, 0.1) is 17.6 Å². The van der Waals surface area contributed by atoms with Crippen LogP contribution >= 0.6 is 0 Å². The fourth-order valence-electron chi connectivity index (χ4n) is 3.58. The van der Waals surface area contributed by atoms with E-state index in [0.717, 1.165) is 22.6 Å². The number of hydrogen-bond donors (Lipinski definition) is 1. The Labute approximate surface area is 169 Å². The van der Waals surface area contributed by atoms with Crippen LogP contribution in [0.25, 0.3) is 11.4 Å². The Bertz CT molecular complexity index is 1110. The number of nitrogens with zero attached hydrogens (tertiary/aromatic N) is 4. The van der Waals surface area contributed by atoms with Gasteiger partial charge in [0.1, 0.15) is 5.82 Å². The molecule has 0 saturated heterocycles. The van der Waals surface area contributed by atoms with Crippen molar-refractivity contribution < 1.29 is 4.39 Å². The fourth-order valence-corrected chi connectivity index (χ4v) is 3.58. The highest BCUT2D eigenvalue weighted by molar-refractivity contribution is 5.43. The first kappa shape index (κ1) is 19.1. The first-order valence-electron chi connectivity index (χ1n) is 9.66. The topological polar surface area (TPSA) is 47.7 Å². The van der Waals surface area contributed by atoms with Crippen molar-refractivity contribution in [2.24, 2.45) is 0 Å². The van der Waals surface area contributed by atoms with Gasteiger partial charge >= 0.3 is 0 Å². The molecule has 0 spiro atoms. The van der Waals surface area contributed by atoms with E-state index in [-0.39, 0.29) is 11.9 Å². The monoisotopic (exact) mass is 389 g/mol. The van der Waals surface area contributed by atoms with Crippen molar-refractivity contribution in [3.8, 4) is 11.4 Å². The highest BCUT2D eigenvalue weighted by atomic mass is 19.1. The fraction of sp³-hybridized carbons (Fsp3) is 0.217. The first-order valence-corrected chi connectivity index (χ1v) is 9.66. The number of halogens is 1. The predicted octanol–water partition coefficient (Wildman–Crippen LogP) is 4.66. The Kier molecular flexibility index (Phi) is 5.27. The van der Waals surface area contributed by atoms with Crippen molar-refractivity contribution in [3.05, 3.63) is 95.3 Å². The van der Waals surface area contributed by atoms with E-state index in [4.69, 9.17) is 0 Å². The van der Waals surface area contributed by atoms with E-state index in [1.807, 2.05) is 36.1 Å². The number of nitrogens with one attached hydrogen (secondary N) is 1. The summed E-state index contributed by atoms with van der Waals surface area (Å²) in [6.45, 7) is 6.91. The van der Waals surface area contributed by atoms with Gasteiger partial charge in [0, 0.05) is 36.2 Å². The maximum atomic E-state index is 13.6. The maximum absolute atomic E-state index is 13.6. The van der Waals surface area contributed by atoms with E-state index in [2.05, 4.69) is 47.6 Å². The molecule has 0 radical (unpaired) electrons. The molecule has 0 amide bonds. The van der Waals surface area contributed by atoms with Crippen molar-refractivity contribution in [2.45, 2.75) is 33.4 Å². The van der Waals surface area contributed by atoms with Gasteiger partial charge < -0.3 is 5.32 Å². The van der Waals surface area contributed by atoms with Gasteiger partial charge in [-0.25, -0.2) is 13.8 Å². The molecule has 2 aromatic carbocycles. The average Bonchev–Trinajstić information content (AvgIpc) is 3.36. The van der Waals surface area contributed by atoms with Crippen LogP contribution in [0.5, 0.6) is 0 Å². The highest BCUT2D eigenvalue weighted by Crippen LogP contribution is 2.22. The molecule has 4 aromatic rings. The lowest BCUT2D eigenvalue weighted by Gasteiger charge is -2.17. The molecule has 0 aliphatic carbocycles. The predicted molar refractivity (Wildman–Crippen MR) is 112 cm³/mol. The van der Waals surface area contributed by atoms with Crippen LogP contribution in [0.2, 0.25) is 0 Å². The molecule has 29 heavy (non-hydrogen) atoms. The summed E-state index contributed by atoms with van der Waals surface area (Å²) >= 11 is 0. The zero-order chi connectivity index (χ0) is 20.4. The summed E-state index contributed by atoms with van der Waals surface area (Å²) in [6, 6.07) is 14.9. The normalized spacial score (nSPS) is 12.3. The number of aryl methyl sites for hydroxylation is 1. The van der Waals surface area contributed by atoms with Crippen LogP contribution in [0.15, 0.2) is 67.1 Å². The molecule has 5 nitrogen and oxygen atoms in total. The zero-order valence-electron chi connectivity index (χ0n) is 16.8. The van der Waals surface area contributed by atoms with Crippen LogP contribution < -0.4 is 5.32 Å². The van der Waals surface area contributed by atoms with Crippen molar-refractivity contribution >= 4 is 0 Å². The second kappa shape index (κ2) is 8.01. The quantitative estimate of drug-likeness (QED) is 0.522. The van der Waals surface area contributed by atoms with Crippen molar-refractivity contribution in [2.75, 3.05) is 0 Å². The van der Waals surface area contributed by atoms with Gasteiger partial charge in [-0.1, -0.05) is 23.8 Å². The minimum absolute atomic E-state index is 0.0864. The van der Waals surface area contributed by atoms with Gasteiger partial charge in [-0.3, -0.25) is 0 Å². The smallest absolute Gasteiger partial charge is 0.125 e. The molecule has 2 aromatic heterocycles. The highest BCUT2D eigenvalue weighted by Gasteiger charge is 2.15. The average molecular weight is 389 g/mol. The maximum Gasteiger partial charge on any atom is 0.125 e. The lowest BCUT2D eigenvalue weighted by atomic mass is 10.1. The summed E-state index contributed by atoms with van der Waals surface area (Å²) < 4.78 is 17.2. The summed E-state index contributed by atoms with van der Waals surface area (Å²) in [4.78, 5) is 0. The molecule has 0 aliphatic heterocycles. The Morgan fingerprint density at radius 1 is 1.07 bits per heavy atom. The van der Waals surface area contributed by atoms with Gasteiger partial charge in [0.25, 0.3) is 0 Å². The van der Waals surface area contributed by atoms with Gasteiger partial charge in [0.15, 0.2) is 0 Å². The van der Waals surface area contributed by atoms with Crippen LogP contribution in [0.3, 0.4) is 0 Å². The molecular formula is C23H24FN5. The molecule has 148 valence electrons. The van der Waals surface area contributed by atoms with Crippen LogP contribution in [0, 0.1) is 19.7 Å². The zero-order valence-corrected chi connectivity index (χ0v) is 16.8. The van der Waals surface area contributed by atoms with E-state index >= 15 is 0 Å². The lowest BCUT2D eigenvalue weighted by Crippen LogP contribution is -2.20. The number of benzene rings is 2. The third kappa shape index (κ3) is 3.98. The van der Waals surface area contributed by atoms with Crippen LogP contribution in [0.1, 0.15) is 35.3 Å². The van der Waals surface area contributed by atoms with Gasteiger partial charge in [-0.15, -0.1) is 0 Å². The van der Waals surface area contributed by atoms with Gasteiger partial charge in [-0.2, -0.15) is 10.2 Å². The SMILES string of the molecule is Cc1ccc(-n2cccn2)c(CN[C@H](C)c2cnn(-c3cccc(F)c3)c2C)c1. The van der Waals surface area contributed by atoms with Gasteiger partial charge in [0.2, 0.25) is 0 Å². The Balaban J connectivity index is 1.54. The second-order valence-corrected chi connectivity index (χ2v) is 7.26. The summed E-state index contributed by atoms with van der Waals surface area (Å²) in [7, 11) is 0. The third-order valence-corrected chi connectivity index (χ3v) is 5.15. The first-order chi connectivity index (χ1) is 14.0. The summed E-state index contributed by atoms with van der Waals surface area (Å²) in [5.41, 5.74) is 6.25. The minimum Gasteiger partial charge on any atom is -0.306 e. The standard InChI is InChI=1S/C23H24FN5/c1-16-8-9-23(28-11-5-10-26-28)19(12-16)14-25-17(2)22-15-27-29(18(22)3)21-7-4-6-20(24)13-21/h4-13,15,17,25H,14H2,1-3H3/t17-/m1/s1. The molecule has 0 saturated carbocycles. The summed E-state index contributed by atoms with van der Waals surface area (Å²) in [5.74, 6) is -0.268. The third-order valence-electron chi connectivity index (χ3n) is 5.15. The molecule has 4 rings (SSSR count). The molecule has 6 heteroatoms. The number of aromatic nitrogens is 4. The molecule has 1 N–H and O–H groups in total. The summed E-state index contributed by atoms with van der Waals surface area (Å²) in [5, 5.41) is 12.4. The number of rotatable bonds is 6. The lowest BCUT2D eigenvalue weighted by molar-refractivity contribution is 0.569. The molecule has 0 bridgehead atoms. The van der Waals surface area contributed by atoms with Crippen molar-refractivity contribution in [1.82, 2.24) is 24.9 Å². The van der Waals surface area contributed by atoms with Gasteiger partial charge in [-0.05, 0) is 56.7 Å². The Morgan fingerprint density at radius 2 is 1.93 bits per heavy atom. The molecule has 0 fully saturated rings. The van der Waals surface area contributed by atoms with Crippen LogP contribution in [-0.4, -0.2) is 19.6 Å². The molecular weight excluding hydrogens is 365 g/mol. The van der Waals surface area contributed by atoms with E-state index in [9.17, 15) is 4.39 Å². The number of hydrogen-bond acceptors (Lipinski definition) is 3. The van der Waals surface area contributed by atoms with E-state index < -0.39 is 0 Å².